The molecule has 0 aromatic carbocycles. The maximum absolute atomic E-state index is 8.92. The number of pyridine rings is 1. The summed E-state index contributed by atoms with van der Waals surface area (Å²) in [4.78, 5) is 4.08. The van der Waals surface area contributed by atoms with Crippen molar-refractivity contribution in [2.24, 2.45) is 5.16 Å². The Hall–Kier alpha value is -2.12. The number of nitrogens with zero attached hydrogens (tertiary/aromatic N) is 3. The Morgan fingerprint density at radius 1 is 1.29 bits per heavy atom. The van der Waals surface area contributed by atoms with E-state index in [1.807, 2.05) is 0 Å². The highest BCUT2D eigenvalue weighted by molar-refractivity contribution is 6.58. The Kier molecular flexibility index (Phi) is 3.22. The molecule has 0 aliphatic carbocycles. The smallest absolute Gasteiger partial charge is 0.423 e. The molecule has 0 bridgehead atoms. The predicted molar refractivity (Wildman–Crippen MR) is 62.8 cm³/mol. The molecule has 2 aromatic rings. The van der Waals surface area contributed by atoms with Gasteiger partial charge in [-0.25, -0.2) is 4.98 Å². The van der Waals surface area contributed by atoms with Crippen LogP contribution in [-0.2, 0) is 0 Å². The molecule has 2 aromatic heterocycles. The van der Waals surface area contributed by atoms with E-state index in [4.69, 9.17) is 15.3 Å². The van der Waals surface area contributed by atoms with Crippen molar-refractivity contribution in [2.45, 2.75) is 0 Å². The molecule has 6 nitrogen and oxygen atoms in total. The summed E-state index contributed by atoms with van der Waals surface area (Å²) in [5.74, 6) is 0.631. The molecule has 0 saturated heterocycles. The third kappa shape index (κ3) is 2.52. The van der Waals surface area contributed by atoms with E-state index >= 15 is 0 Å². The molecule has 0 radical (unpaired) electrons. The van der Waals surface area contributed by atoms with Gasteiger partial charge in [-0.1, -0.05) is 11.2 Å². The molecule has 0 atom stereocenters. The summed E-state index contributed by atoms with van der Waals surface area (Å²) in [7, 11) is -1.52. The Morgan fingerprint density at radius 2 is 2.12 bits per heavy atom. The summed E-state index contributed by atoms with van der Waals surface area (Å²) < 4.78 is 1.73. The van der Waals surface area contributed by atoms with Crippen LogP contribution < -0.4 is 5.46 Å². The normalized spacial score (nSPS) is 10.9. The quantitative estimate of drug-likeness (QED) is 0.283. The minimum absolute atomic E-state index is 0.332. The van der Waals surface area contributed by atoms with Crippen LogP contribution in [0.15, 0.2) is 41.9 Å². The highest BCUT2D eigenvalue weighted by Gasteiger charge is 2.10. The van der Waals surface area contributed by atoms with Crippen LogP contribution >= 0.6 is 0 Å². The number of oxime groups is 1. The van der Waals surface area contributed by atoms with E-state index in [9.17, 15) is 0 Å². The lowest BCUT2D eigenvalue weighted by Gasteiger charge is -2.03. The summed E-state index contributed by atoms with van der Waals surface area (Å²) in [6.45, 7) is 0. The van der Waals surface area contributed by atoms with Crippen LogP contribution in [0.2, 0.25) is 0 Å². The Labute approximate surface area is 97.6 Å². The van der Waals surface area contributed by atoms with Crippen LogP contribution in [0.4, 0.5) is 0 Å². The zero-order chi connectivity index (χ0) is 12.3. The van der Waals surface area contributed by atoms with Gasteiger partial charge in [0.1, 0.15) is 5.82 Å². The summed E-state index contributed by atoms with van der Waals surface area (Å²) in [6, 6.07) is 5.00. The van der Waals surface area contributed by atoms with Crippen molar-refractivity contribution in [3.8, 4) is 5.82 Å². The van der Waals surface area contributed by atoms with E-state index in [1.165, 1.54) is 12.4 Å². The van der Waals surface area contributed by atoms with Crippen LogP contribution in [-0.4, -0.2) is 38.1 Å². The zero-order valence-electron chi connectivity index (χ0n) is 8.80. The lowest BCUT2D eigenvalue weighted by Crippen LogP contribution is -2.30. The van der Waals surface area contributed by atoms with Crippen LogP contribution in [0, 0.1) is 0 Å². The maximum atomic E-state index is 8.92. The highest BCUT2D eigenvalue weighted by Crippen LogP contribution is 2.05. The van der Waals surface area contributed by atoms with Crippen molar-refractivity contribution in [1.29, 1.82) is 0 Å². The first-order chi connectivity index (χ1) is 8.20. The fourth-order valence-corrected chi connectivity index (χ4v) is 1.40. The Morgan fingerprint density at radius 3 is 2.71 bits per heavy atom. The zero-order valence-corrected chi connectivity index (χ0v) is 8.80. The minimum Gasteiger partial charge on any atom is -0.423 e. The standard InChI is InChI=1S/C10H10BN3O3/c15-11(16)9-1-2-10(12-6-9)14-4-3-8(7-14)5-13-17/h1-7,15-17H/b13-5-. The number of hydrogen-bond donors (Lipinski definition) is 3. The molecule has 3 N–H and O–H groups in total. The molecule has 0 aliphatic heterocycles. The average molecular weight is 231 g/mol. The van der Waals surface area contributed by atoms with Gasteiger partial charge in [0.25, 0.3) is 0 Å². The van der Waals surface area contributed by atoms with Crippen molar-refractivity contribution >= 4 is 18.8 Å². The van der Waals surface area contributed by atoms with Gasteiger partial charge in [0, 0.05) is 29.6 Å². The molecule has 7 heteroatoms. The van der Waals surface area contributed by atoms with Crippen LogP contribution in [0.25, 0.3) is 5.82 Å². The van der Waals surface area contributed by atoms with Crippen molar-refractivity contribution in [3.63, 3.8) is 0 Å². The third-order valence-corrected chi connectivity index (χ3v) is 2.26. The summed E-state index contributed by atoms with van der Waals surface area (Å²) in [5, 5.41) is 29.2. The second-order valence-electron chi connectivity index (χ2n) is 3.42. The van der Waals surface area contributed by atoms with E-state index < -0.39 is 7.12 Å². The van der Waals surface area contributed by atoms with Crippen LogP contribution in [0.1, 0.15) is 5.56 Å². The summed E-state index contributed by atoms with van der Waals surface area (Å²) in [6.07, 6.45) is 6.19. The molecule has 0 aliphatic rings. The van der Waals surface area contributed by atoms with Gasteiger partial charge in [-0.05, 0) is 12.1 Å². The van der Waals surface area contributed by atoms with Crippen LogP contribution in [0.5, 0.6) is 0 Å². The molecule has 2 heterocycles. The largest absolute Gasteiger partial charge is 0.490 e. The Balaban J connectivity index is 2.26. The van der Waals surface area contributed by atoms with E-state index in [0.717, 1.165) is 5.56 Å². The lowest BCUT2D eigenvalue weighted by molar-refractivity contribution is 0.322. The average Bonchev–Trinajstić information content (AvgIpc) is 2.78. The van der Waals surface area contributed by atoms with Gasteiger partial charge in [0.05, 0.1) is 6.21 Å². The van der Waals surface area contributed by atoms with E-state index in [0.29, 0.717) is 11.3 Å². The molecule has 0 spiro atoms. The molecule has 2 rings (SSSR count). The highest BCUT2D eigenvalue weighted by atomic mass is 16.4. The minimum atomic E-state index is -1.52. The first kappa shape index (κ1) is 11.4. The summed E-state index contributed by atoms with van der Waals surface area (Å²) in [5.41, 5.74) is 1.07. The van der Waals surface area contributed by atoms with Gasteiger partial charge in [-0.3, -0.25) is 0 Å². The van der Waals surface area contributed by atoms with E-state index in [-0.39, 0.29) is 0 Å². The molecule has 17 heavy (non-hydrogen) atoms. The second kappa shape index (κ2) is 4.81. The number of aromatic nitrogens is 2. The molecule has 0 unspecified atom stereocenters. The third-order valence-electron chi connectivity index (χ3n) is 2.26. The van der Waals surface area contributed by atoms with Crippen molar-refractivity contribution < 1.29 is 15.3 Å². The Bertz CT molecular complexity index is 522. The number of rotatable bonds is 3. The van der Waals surface area contributed by atoms with Crippen molar-refractivity contribution in [2.75, 3.05) is 0 Å². The second-order valence-corrected chi connectivity index (χ2v) is 3.42. The monoisotopic (exact) mass is 231 g/mol. The van der Waals surface area contributed by atoms with Crippen molar-refractivity contribution in [3.05, 3.63) is 42.4 Å². The number of hydrogen-bond acceptors (Lipinski definition) is 5. The molecular weight excluding hydrogens is 221 g/mol. The topological polar surface area (TPSA) is 90.9 Å². The lowest BCUT2D eigenvalue weighted by atomic mass is 9.82. The van der Waals surface area contributed by atoms with Crippen LogP contribution in [0.3, 0.4) is 0 Å². The predicted octanol–water partition coefficient (Wildman–Crippen LogP) is -0.640. The van der Waals surface area contributed by atoms with Crippen molar-refractivity contribution in [1.82, 2.24) is 9.55 Å². The van der Waals surface area contributed by atoms with Gasteiger partial charge in [-0.2, -0.15) is 0 Å². The fourth-order valence-electron chi connectivity index (χ4n) is 1.40. The first-order valence-corrected chi connectivity index (χ1v) is 4.88. The van der Waals surface area contributed by atoms with Gasteiger partial charge in [0.2, 0.25) is 0 Å². The van der Waals surface area contributed by atoms with Gasteiger partial charge in [0.15, 0.2) is 0 Å². The first-order valence-electron chi connectivity index (χ1n) is 4.88. The van der Waals surface area contributed by atoms with E-state index in [1.54, 1.807) is 35.2 Å². The summed E-state index contributed by atoms with van der Waals surface area (Å²) >= 11 is 0. The maximum Gasteiger partial charge on any atom is 0.490 e. The SMILES string of the molecule is O/N=C\c1ccn(-c2ccc(B(O)O)cn2)c1. The molecule has 0 amide bonds. The molecule has 0 saturated carbocycles. The molecular formula is C10H10BN3O3. The van der Waals surface area contributed by atoms with Gasteiger partial charge >= 0.3 is 7.12 Å². The molecule has 86 valence electrons. The fraction of sp³-hybridized carbons (Fsp3) is 0. The molecule has 0 fully saturated rings. The van der Waals surface area contributed by atoms with Gasteiger partial charge < -0.3 is 19.8 Å². The van der Waals surface area contributed by atoms with E-state index in [2.05, 4.69) is 10.1 Å². The van der Waals surface area contributed by atoms with Gasteiger partial charge in [-0.15, -0.1) is 0 Å².